The van der Waals surface area contributed by atoms with Crippen LogP contribution in [0.2, 0.25) is 0 Å². The van der Waals surface area contributed by atoms with E-state index in [4.69, 9.17) is 9.84 Å². The van der Waals surface area contributed by atoms with E-state index in [0.717, 1.165) is 18.4 Å². The maximum absolute atomic E-state index is 11.6. The van der Waals surface area contributed by atoms with Gasteiger partial charge in [-0.1, -0.05) is 59.1 Å². The number of hydrogen-bond donors (Lipinski definition) is 1. The Labute approximate surface area is 135 Å². The Balaban J connectivity index is 0.00000211. The summed E-state index contributed by atoms with van der Waals surface area (Å²) in [4.78, 5) is 11.6. The first-order chi connectivity index (χ1) is 10.7. The molecule has 3 nitrogen and oxygen atoms in total. The summed E-state index contributed by atoms with van der Waals surface area (Å²) in [6.07, 6.45) is 7.62. The van der Waals surface area contributed by atoms with Gasteiger partial charge in [0.2, 0.25) is 0 Å². The molecule has 0 fully saturated rings. The first kappa shape index (κ1) is 20.2. The van der Waals surface area contributed by atoms with Crippen LogP contribution in [0.5, 0.6) is 5.75 Å². The van der Waals surface area contributed by atoms with Crippen molar-refractivity contribution in [3.05, 3.63) is 35.9 Å². The molecule has 1 rings (SSSR count). The summed E-state index contributed by atoms with van der Waals surface area (Å²) in [5.74, 6) is 0.362. The number of unbranched alkanes of at least 4 members (excludes halogenated alkanes) is 1. The van der Waals surface area contributed by atoms with Gasteiger partial charge in [0.1, 0.15) is 5.75 Å². The summed E-state index contributed by atoms with van der Waals surface area (Å²) in [5.41, 5.74) is 0.859. The molecule has 0 heterocycles. The predicted octanol–water partition coefficient (Wildman–Crippen LogP) is 5.19. The van der Waals surface area contributed by atoms with E-state index in [0.29, 0.717) is 12.5 Å². The van der Waals surface area contributed by atoms with Crippen LogP contribution < -0.4 is 0 Å². The lowest BCUT2D eigenvalue weighted by molar-refractivity contribution is -0.139. The smallest absolute Gasteiger partial charge is 0.330 e. The zero-order valence-electron chi connectivity index (χ0n) is 14.3. The highest BCUT2D eigenvalue weighted by Gasteiger charge is 2.08. The Morgan fingerprint density at radius 2 is 1.86 bits per heavy atom. The number of phenols is 1. The molecule has 0 aliphatic heterocycles. The van der Waals surface area contributed by atoms with Crippen molar-refractivity contribution in [1.29, 1.82) is 0 Å². The van der Waals surface area contributed by atoms with Crippen LogP contribution >= 0.6 is 0 Å². The van der Waals surface area contributed by atoms with Gasteiger partial charge < -0.3 is 9.84 Å². The second kappa shape index (κ2) is 12.9. The summed E-state index contributed by atoms with van der Waals surface area (Å²) < 4.78 is 5.26. The summed E-state index contributed by atoms with van der Waals surface area (Å²) in [7, 11) is 0. The van der Waals surface area contributed by atoms with Crippen molar-refractivity contribution in [2.75, 3.05) is 6.61 Å². The molecule has 0 aliphatic carbocycles. The van der Waals surface area contributed by atoms with E-state index in [1.807, 2.05) is 13.8 Å². The quantitative estimate of drug-likeness (QED) is 0.531. The van der Waals surface area contributed by atoms with Gasteiger partial charge in [0.05, 0.1) is 6.61 Å². The molecule has 22 heavy (non-hydrogen) atoms. The van der Waals surface area contributed by atoms with Gasteiger partial charge in [0.25, 0.3) is 0 Å². The monoisotopic (exact) mass is 306 g/mol. The van der Waals surface area contributed by atoms with E-state index in [-0.39, 0.29) is 11.7 Å². The molecule has 0 saturated heterocycles. The third-order valence-corrected chi connectivity index (χ3v) is 3.31. The molecule has 1 unspecified atom stereocenters. The summed E-state index contributed by atoms with van der Waals surface area (Å²) >= 11 is 0. The number of ether oxygens (including phenoxy) is 1. The van der Waals surface area contributed by atoms with Gasteiger partial charge >= 0.3 is 5.97 Å². The Hall–Kier alpha value is -1.77. The summed E-state index contributed by atoms with van der Waals surface area (Å²) in [5, 5.41) is 9.16. The molecule has 0 spiro atoms. The number of aromatic hydroxyl groups is 1. The van der Waals surface area contributed by atoms with Gasteiger partial charge in [-0.05, 0) is 36.1 Å². The minimum Gasteiger partial charge on any atom is -0.508 e. The Bertz CT molecular complexity index is 421. The highest BCUT2D eigenvalue weighted by atomic mass is 16.5. The highest BCUT2D eigenvalue weighted by Crippen LogP contribution is 2.13. The van der Waals surface area contributed by atoms with E-state index < -0.39 is 0 Å². The van der Waals surface area contributed by atoms with Crippen molar-refractivity contribution in [2.45, 2.75) is 53.4 Å². The van der Waals surface area contributed by atoms with Crippen LogP contribution in [0, 0.1) is 5.92 Å². The van der Waals surface area contributed by atoms with Gasteiger partial charge in [-0.2, -0.15) is 0 Å². The van der Waals surface area contributed by atoms with E-state index in [2.05, 4.69) is 13.8 Å². The van der Waals surface area contributed by atoms with Crippen LogP contribution in [-0.2, 0) is 9.53 Å². The highest BCUT2D eigenvalue weighted by molar-refractivity contribution is 5.87. The number of benzene rings is 1. The topological polar surface area (TPSA) is 46.5 Å². The maximum Gasteiger partial charge on any atom is 0.330 e. The number of carbonyl (C=O) groups excluding carboxylic acids is 1. The van der Waals surface area contributed by atoms with Crippen LogP contribution in [0.3, 0.4) is 0 Å². The molecule has 0 aromatic heterocycles. The second-order valence-electron chi connectivity index (χ2n) is 4.97. The standard InChI is InChI=1S/C17H24O3.C2H6/c1-3-5-6-14(4-2)13-20-17(19)12-9-15-7-10-16(18)11-8-15;1-2/h7-12,14,18H,3-6,13H2,1-2H3;1-2H3/b12-9+;. The zero-order valence-corrected chi connectivity index (χ0v) is 14.3. The summed E-state index contributed by atoms with van der Waals surface area (Å²) in [6.45, 7) is 8.79. The Morgan fingerprint density at radius 3 is 2.41 bits per heavy atom. The Kier molecular flexibility index (Phi) is 11.9. The lowest BCUT2D eigenvalue weighted by Gasteiger charge is -2.13. The number of hydrogen-bond acceptors (Lipinski definition) is 3. The molecule has 0 radical (unpaired) electrons. The van der Waals surface area contributed by atoms with Crippen molar-refractivity contribution in [3.63, 3.8) is 0 Å². The van der Waals surface area contributed by atoms with Crippen LogP contribution in [0.25, 0.3) is 6.08 Å². The van der Waals surface area contributed by atoms with Crippen LogP contribution in [-0.4, -0.2) is 17.7 Å². The second-order valence-corrected chi connectivity index (χ2v) is 4.97. The van der Waals surface area contributed by atoms with Gasteiger partial charge in [-0.3, -0.25) is 0 Å². The molecule has 124 valence electrons. The third kappa shape index (κ3) is 9.22. The number of rotatable bonds is 8. The fourth-order valence-electron chi connectivity index (χ4n) is 1.90. The minimum absolute atomic E-state index is 0.214. The number of esters is 1. The van der Waals surface area contributed by atoms with E-state index in [1.165, 1.54) is 18.9 Å². The van der Waals surface area contributed by atoms with Crippen LogP contribution in [0.15, 0.2) is 30.3 Å². The van der Waals surface area contributed by atoms with Gasteiger partial charge in [-0.15, -0.1) is 0 Å². The van der Waals surface area contributed by atoms with Gasteiger partial charge in [0, 0.05) is 6.08 Å². The molecular formula is C19H30O3. The molecule has 1 aromatic carbocycles. The number of phenolic OH excluding ortho intramolecular Hbond substituents is 1. The lowest BCUT2D eigenvalue weighted by atomic mass is 10.0. The van der Waals surface area contributed by atoms with Crippen molar-refractivity contribution >= 4 is 12.0 Å². The Morgan fingerprint density at radius 1 is 1.23 bits per heavy atom. The largest absolute Gasteiger partial charge is 0.508 e. The predicted molar refractivity (Wildman–Crippen MR) is 92.8 cm³/mol. The third-order valence-electron chi connectivity index (χ3n) is 3.31. The van der Waals surface area contributed by atoms with Crippen molar-refractivity contribution in [1.82, 2.24) is 0 Å². The van der Waals surface area contributed by atoms with E-state index >= 15 is 0 Å². The molecule has 1 atom stereocenters. The van der Waals surface area contributed by atoms with Crippen molar-refractivity contribution in [3.8, 4) is 5.75 Å². The molecule has 0 saturated carbocycles. The average molecular weight is 306 g/mol. The average Bonchev–Trinajstić information content (AvgIpc) is 2.56. The molecule has 3 heteroatoms. The SMILES string of the molecule is CC.CCCCC(CC)COC(=O)/C=C/c1ccc(O)cc1. The normalized spacial score (nSPS) is 11.6. The molecule has 0 aliphatic rings. The molecular weight excluding hydrogens is 276 g/mol. The van der Waals surface area contributed by atoms with Crippen molar-refractivity contribution < 1.29 is 14.6 Å². The lowest BCUT2D eigenvalue weighted by Crippen LogP contribution is -2.12. The molecule has 0 bridgehead atoms. The molecule has 1 aromatic rings. The van der Waals surface area contributed by atoms with Gasteiger partial charge in [-0.25, -0.2) is 4.79 Å². The fourth-order valence-corrected chi connectivity index (χ4v) is 1.90. The first-order valence-corrected chi connectivity index (χ1v) is 8.29. The summed E-state index contributed by atoms with van der Waals surface area (Å²) in [6, 6.07) is 6.66. The number of carbonyl (C=O) groups is 1. The minimum atomic E-state index is -0.312. The van der Waals surface area contributed by atoms with Gasteiger partial charge in [0.15, 0.2) is 0 Å². The fraction of sp³-hybridized carbons (Fsp3) is 0.526. The van der Waals surface area contributed by atoms with Crippen LogP contribution in [0.1, 0.15) is 58.9 Å². The first-order valence-electron chi connectivity index (χ1n) is 8.29. The van der Waals surface area contributed by atoms with Crippen molar-refractivity contribution in [2.24, 2.45) is 5.92 Å². The maximum atomic E-state index is 11.6. The van der Waals surface area contributed by atoms with E-state index in [9.17, 15) is 4.79 Å². The molecule has 0 amide bonds. The zero-order chi connectivity index (χ0) is 16.8. The van der Waals surface area contributed by atoms with Crippen LogP contribution in [0.4, 0.5) is 0 Å². The molecule has 1 N–H and O–H groups in total. The van der Waals surface area contributed by atoms with E-state index in [1.54, 1.807) is 30.3 Å².